The van der Waals surface area contributed by atoms with Gasteiger partial charge in [-0.3, -0.25) is 4.57 Å². The third-order valence-electron chi connectivity index (χ3n) is 2.65. The van der Waals surface area contributed by atoms with Crippen LogP contribution in [0.1, 0.15) is 33.1 Å². The molecule has 0 aliphatic heterocycles. The zero-order chi connectivity index (χ0) is 10.1. The van der Waals surface area contributed by atoms with Gasteiger partial charge in [-0.2, -0.15) is 0 Å². The lowest BCUT2D eigenvalue weighted by atomic mass is 10.3. The van der Waals surface area contributed by atoms with Crippen LogP contribution in [0.4, 0.5) is 0 Å². The lowest BCUT2D eigenvalue weighted by Gasteiger charge is -2.21. The summed E-state index contributed by atoms with van der Waals surface area (Å²) in [6.45, 7) is 5.50. The van der Waals surface area contributed by atoms with Crippen LogP contribution in [0.25, 0.3) is 0 Å². The summed E-state index contributed by atoms with van der Waals surface area (Å²) in [5.74, 6) is 0. The second-order valence-electron chi connectivity index (χ2n) is 4.20. The molecule has 1 aliphatic rings. The van der Waals surface area contributed by atoms with Gasteiger partial charge in [0, 0.05) is 12.3 Å². The van der Waals surface area contributed by atoms with E-state index >= 15 is 0 Å². The van der Waals surface area contributed by atoms with Crippen molar-refractivity contribution in [3.63, 3.8) is 0 Å². The minimum atomic E-state index is -2.45. The molecule has 0 aromatic carbocycles. The molecule has 13 heavy (non-hydrogen) atoms. The third-order valence-corrected chi connectivity index (χ3v) is 5.25. The van der Waals surface area contributed by atoms with Gasteiger partial charge < -0.3 is 9.63 Å². The lowest BCUT2D eigenvalue weighted by molar-refractivity contribution is 0.151. The highest BCUT2D eigenvalue weighted by Crippen LogP contribution is 2.50. The number of hydrogen-bond acceptors (Lipinski definition) is 3. The predicted molar refractivity (Wildman–Crippen MR) is 53.4 cm³/mol. The molecule has 0 amide bonds. The fourth-order valence-corrected chi connectivity index (χ4v) is 2.46. The normalized spacial score (nSPS) is 33.6. The number of hydrogen-bond donors (Lipinski definition) is 1. The Balaban J connectivity index is 2.45. The Morgan fingerprint density at radius 1 is 1.46 bits per heavy atom. The molecular weight excluding hydrogens is 187 g/mol. The molecule has 3 unspecified atom stereocenters. The van der Waals surface area contributed by atoms with Gasteiger partial charge in [0.1, 0.15) is 0 Å². The minimum Gasteiger partial charge on any atom is -0.393 e. The van der Waals surface area contributed by atoms with Crippen molar-refractivity contribution in [2.45, 2.75) is 51.0 Å². The summed E-state index contributed by atoms with van der Waals surface area (Å²) in [5.41, 5.74) is 0.0743. The fraction of sp³-hybridized carbons (Fsp3) is 1.00. The standard InChI is InChI=1S/C9H19O3P/c1-7(2)13(3,11)12-9-5-4-8(10)6-9/h7-10H,4-6H2,1-3H3. The molecule has 0 radical (unpaired) electrons. The monoisotopic (exact) mass is 206 g/mol. The minimum absolute atomic E-state index is 0.00762. The molecule has 3 nitrogen and oxygen atoms in total. The molecule has 3 atom stereocenters. The molecule has 1 fully saturated rings. The van der Waals surface area contributed by atoms with E-state index in [0.29, 0.717) is 6.42 Å². The molecule has 1 aliphatic carbocycles. The van der Waals surface area contributed by atoms with Crippen molar-refractivity contribution in [3.8, 4) is 0 Å². The molecule has 1 rings (SSSR count). The zero-order valence-electron chi connectivity index (χ0n) is 8.56. The van der Waals surface area contributed by atoms with Crippen molar-refractivity contribution in [2.24, 2.45) is 0 Å². The third kappa shape index (κ3) is 3.08. The van der Waals surface area contributed by atoms with Crippen molar-refractivity contribution < 1.29 is 14.2 Å². The second kappa shape index (κ2) is 4.12. The van der Waals surface area contributed by atoms with E-state index in [-0.39, 0.29) is 17.9 Å². The van der Waals surface area contributed by atoms with Crippen molar-refractivity contribution in [1.29, 1.82) is 0 Å². The molecule has 4 heteroatoms. The first-order valence-corrected chi connectivity index (χ1v) is 6.99. The average Bonchev–Trinajstić information content (AvgIpc) is 2.34. The molecule has 0 aromatic rings. The lowest BCUT2D eigenvalue weighted by Crippen LogP contribution is -2.11. The Morgan fingerprint density at radius 3 is 2.46 bits per heavy atom. The first-order chi connectivity index (χ1) is 5.92. The zero-order valence-corrected chi connectivity index (χ0v) is 9.46. The Labute approximate surface area is 79.9 Å². The summed E-state index contributed by atoms with van der Waals surface area (Å²) in [6, 6.07) is 0. The van der Waals surface area contributed by atoms with E-state index in [0.717, 1.165) is 12.8 Å². The molecule has 0 spiro atoms. The van der Waals surface area contributed by atoms with E-state index in [1.54, 1.807) is 6.66 Å². The maximum Gasteiger partial charge on any atom is 0.202 e. The smallest absolute Gasteiger partial charge is 0.202 e. The Kier molecular flexibility index (Phi) is 3.56. The van der Waals surface area contributed by atoms with Crippen molar-refractivity contribution in [1.82, 2.24) is 0 Å². The van der Waals surface area contributed by atoms with E-state index < -0.39 is 7.37 Å². The highest BCUT2D eigenvalue weighted by molar-refractivity contribution is 7.58. The molecule has 1 saturated carbocycles. The van der Waals surface area contributed by atoms with Gasteiger partial charge in [-0.05, 0) is 19.3 Å². The SMILES string of the molecule is CC(C)P(C)(=O)OC1CCC(O)C1. The summed E-state index contributed by atoms with van der Waals surface area (Å²) in [4.78, 5) is 0. The van der Waals surface area contributed by atoms with Crippen molar-refractivity contribution >= 4 is 7.37 Å². The molecule has 0 heterocycles. The first kappa shape index (κ1) is 11.2. The molecule has 78 valence electrons. The maximum atomic E-state index is 11.9. The van der Waals surface area contributed by atoms with Gasteiger partial charge in [0.05, 0.1) is 12.2 Å². The van der Waals surface area contributed by atoms with Crippen LogP contribution in [0.5, 0.6) is 0 Å². The van der Waals surface area contributed by atoms with E-state index in [2.05, 4.69) is 0 Å². The van der Waals surface area contributed by atoms with E-state index in [9.17, 15) is 9.67 Å². The van der Waals surface area contributed by atoms with Crippen molar-refractivity contribution in [3.05, 3.63) is 0 Å². The first-order valence-electron chi connectivity index (χ1n) is 4.85. The number of rotatable bonds is 3. The quantitative estimate of drug-likeness (QED) is 0.720. The Hall–Kier alpha value is 0.150. The van der Waals surface area contributed by atoms with Gasteiger partial charge in [0.25, 0.3) is 0 Å². The van der Waals surface area contributed by atoms with Crippen LogP contribution in [0.2, 0.25) is 0 Å². The predicted octanol–water partition coefficient (Wildman–Crippen LogP) is 2.23. The molecular formula is C9H19O3P. The molecule has 1 N–H and O–H groups in total. The van der Waals surface area contributed by atoms with Gasteiger partial charge in [-0.15, -0.1) is 0 Å². The van der Waals surface area contributed by atoms with Gasteiger partial charge in [0.15, 0.2) is 0 Å². The van der Waals surface area contributed by atoms with Gasteiger partial charge in [-0.1, -0.05) is 13.8 Å². The Bertz CT molecular complexity index is 215. The Morgan fingerprint density at radius 2 is 2.08 bits per heavy atom. The van der Waals surface area contributed by atoms with Gasteiger partial charge in [0.2, 0.25) is 7.37 Å². The number of aliphatic hydroxyl groups is 1. The van der Waals surface area contributed by atoms with Crippen LogP contribution in [0.3, 0.4) is 0 Å². The highest BCUT2D eigenvalue weighted by atomic mass is 31.2. The van der Waals surface area contributed by atoms with Crippen LogP contribution in [-0.2, 0) is 9.09 Å². The summed E-state index contributed by atoms with van der Waals surface area (Å²) in [5, 5.41) is 9.27. The fourth-order valence-electron chi connectivity index (χ4n) is 1.43. The van der Waals surface area contributed by atoms with Crippen LogP contribution < -0.4 is 0 Å². The summed E-state index contributed by atoms with van der Waals surface area (Å²) in [7, 11) is -2.45. The topological polar surface area (TPSA) is 46.5 Å². The molecule has 0 aromatic heterocycles. The van der Waals surface area contributed by atoms with Gasteiger partial charge in [-0.25, -0.2) is 0 Å². The molecule has 0 bridgehead atoms. The van der Waals surface area contributed by atoms with Crippen molar-refractivity contribution in [2.75, 3.05) is 6.66 Å². The van der Waals surface area contributed by atoms with E-state index in [1.165, 1.54) is 0 Å². The number of aliphatic hydroxyl groups excluding tert-OH is 1. The van der Waals surface area contributed by atoms with Gasteiger partial charge >= 0.3 is 0 Å². The summed E-state index contributed by atoms with van der Waals surface area (Å²) >= 11 is 0. The van der Waals surface area contributed by atoms with Crippen LogP contribution >= 0.6 is 7.37 Å². The maximum absolute atomic E-state index is 11.9. The summed E-state index contributed by atoms with van der Waals surface area (Å²) in [6.07, 6.45) is 2.02. The molecule has 0 saturated heterocycles. The average molecular weight is 206 g/mol. The largest absolute Gasteiger partial charge is 0.393 e. The van der Waals surface area contributed by atoms with Crippen LogP contribution in [-0.4, -0.2) is 29.6 Å². The highest BCUT2D eigenvalue weighted by Gasteiger charge is 2.30. The second-order valence-corrected chi connectivity index (χ2v) is 7.26. The van der Waals surface area contributed by atoms with Crippen LogP contribution in [0, 0.1) is 0 Å². The summed E-state index contributed by atoms with van der Waals surface area (Å²) < 4.78 is 17.4. The van der Waals surface area contributed by atoms with E-state index in [4.69, 9.17) is 4.52 Å². The van der Waals surface area contributed by atoms with Crippen LogP contribution in [0.15, 0.2) is 0 Å². The van der Waals surface area contributed by atoms with E-state index in [1.807, 2.05) is 13.8 Å².